The lowest BCUT2D eigenvalue weighted by Crippen LogP contribution is -2.34. The van der Waals surface area contributed by atoms with Gasteiger partial charge >= 0.3 is 0 Å². The zero-order valence-electron chi connectivity index (χ0n) is 9.46. The largest absolute Gasteiger partial charge is 0.330 e. The molecule has 4 nitrogen and oxygen atoms in total. The van der Waals surface area contributed by atoms with Crippen molar-refractivity contribution in [1.29, 1.82) is 0 Å². The van der Waals surface area contributed by atoms with Crippen LogP contribution in [0, 0.1) is 0 Å². The number of nitrogens with zero attached hydrogens (tertiary/aromatic N) is 1. The Morgan fingerprint density at radius 1 is 1.25 bits per heavy atom. The monoisotopic (exact) mass is 242 g/mol. The molecule has 0 heterocycles. The third-order valence-electron chi connectivity index (χ3n) is 2.31. The van der Waals surface area contributed by atoms with Crippen LogP contribution in [0.4, 0.5) is 5.69 Å². The van der Waals surface area contributed by atoms with Crippen molar-refractivity contribution in [2.24, 2.45) is 5.73 Å². The SMILES string of the molecule is CCS(=O)(=O)N(CCCN)c1ccccc1. The van der Waals surface area contributed by atoms with E-state index < -0.39 is 10.0 Å². The lowest BCUT2D eigenvalue weighted by Gasteiger charge is -2.23. The van der Waals surface area contributed by atoms with Gasteiger partial charge in [0.25, 0.3) is 0 Å². The summed E-state index contributed by atoms with van der Waals surface area (Å²) in [6, 6.07) is 9.11. The molecule has 0 aromatic heterocycles. The average Bonchev–Trinajstić information content (AvgIpc) is 2.31. The molecule has 0 amide bonds. The summed E-state index contributed by atoms with van der Waals surface area (Å²) < 4.78 is 25.2. The van der Waals surface area contributed by atoms with E-state index in [0.717, 1.165) is 0 Å². The summed E-state index contributed by atoms with van der Waals surface area (Å²) in [5, 5.41) is 0. The van der Waals surface area contributed by atoms with Crippen molar-refractivity contribution in [3.05, 3.63) is 30.3 Å². The maximum Gasteiger partial charge on any atom is 0.234 e. The number of anilines is 1. The third kappa shape index (κ3) is 3.21. The molecular formula is C11H18N2O2S. The first kappa shape index (κ1) is 13.0. The molecule has 0 aliphatic heterocycles. The van der Waals surface area contributed by atoms with Crippen LogP contribution < -0.4 is 10.0 Å². The van der Waals surface area contributed by atoms with Crippen LogP contribution in [-0.4, -0.2) is 27.3 Å². The molecule has 5 heteroatoms. The molecule has 0 saturated carbocycles. The number of nitrogens with two attached hydrogens (primary N) is 1. The molecule has 1 aromatic carbocycles. The van der Waals surface area contributed by atoms with Gasteiger partial charge in [-0.25, -0.2) is 8.42 Å². The quantitative estimate of drug-likeness (QED) is 0.815. The maximum atomic E-state index is 11.9. The van der Waals surface area contributed by atoms with Gasteiger partial charge in [0.15, 0.2) is 0 Å². The van der Waals surface area contributed by atoms with E-state index in [4.69, 9.17) is 5.73 Å². The summed E-state index contributed by atoms with van der Waals surface area (Å²) in [5.74, 6) is 0.104. The van der Waals surface area contributed by atoms with Gasteiger partial charge in [-0.3, -0.25) is 4.31 Å². The molecule has 0 fully saturated rings. The molecule has 2 N–H and O–H groups in total. The van der Waals surface area contributed by atoms with Crippen LogP contribution in [0.5, 0.6) is 0 Å². The molecule has 1 aromatic rings. The predicted octanol–water partition coefficient (Wildman–Crippen LogP) is 1.19. The minimum absolute atomic E-state index is 0.104. The Hall–Kier alpha value is -1.07. The molecule has 90 valence electrons. The summed E-state index contributed by atoms with van der Waals surface area (Å²) in [5.41, 5.74) is 6.12. The first-order chi connectivity index (χ1) is 7.61. The smallest absolute Gasteiger partial charge is 0.234 e. The molecule has 0 atom stereocenters. The molecule has 0 radical (unpaired) electrons. The molecule has 0 aliphatic carbocycles. The second-order valence-electron chi connectivity index (χ2n) is 3.45. The van der Waals surface area contributed by atoms with E-state index in [1.165, 1.54) is 4.31 Å². The van der Waals surface area contributed by atoms with Gasteiger partial charge in [-0.15, -0.1) is 0 Å². The zero-order valence-corrected chi connectivity index (χ0v) is 10.3. The number of sulfonamides is 1. The van der Waals surface area contributed by atoms with E-state index in [1.807, 2.05) is 18.2 Å². The van der Waals surface area contributed by atoms with Gasteiger partial charge in [0.1, 0.15) is 0 Å². The summed E-state index contributed by atoms with van der Waals surface area (Å²) in [6.45, 7) is 2.58. The van der Waals surface area contributed by atoms with Gasteiger partial charge in [0, 0.05) is 6.54 Å². The molecule has 0 spiro atoms. The van der Waals surface area contributed by atoms with Gasteiger partial charge in [-0.2, -0.15) is 0 Å². The Bertz CT molecular complexity index is 403. The van der Waals surface area contributed by atoms with E-state index in [2.05, 4.69) is 0 Å². The Morgan fingerprint density at radius 2 is 1.88 bits per heavy atom. The van der Waals surface area contributed by atoms with Crippen LogP contribution in [0.1, 0.15) is 13.3 Å². The first-order valence-electron chi connectivity index (χ1n) is 5.37. The second kappa shape index (κ2) is 5.86. The number of para-hydroxylation sites is 1. The molecule has 0 bridgehead atoms. The minimum Gasteiger partial charge on any atom is -0.330 e. The third-order valence-corrected chi connectivity index (χ3v) is 4.10. The van der Waals surface area contributed by atoms with Crippen molar-refractivity contribution < 1.29 is 8.42 Å². The fraction of sp³-hybridized carbons (Fsp3) is 0.455. The number of hydrogen-bond acceptors (Lipinski definition) is 3. The van der Waals surface area contributed by atoms with Crippen LogP contribution in [0.3, 0.4) is 0 Å². The van der Waals surface area contributed by atoms with Gasteiger partial charge < -0.3 is 5.73 Å². The Labute approximate surface area is 97.1 Å². The number of hydrogen-bond donors (Lipinski definition) is 1. The minimum atomic E-state index is -3.21. The Kier molecular flexibility index (Phi) is 4.76. The molecule has 0 saturated heterocycles. The van der Waals surface area contributed by atoms with Crippen LogP contribution in [-0.2, 0) is 10.0 Å². The molecule has 0 aliphatic rings. The van der Waals surface area contributed by atoms with Crippen molar-refractivity contribution in [1.82, 2.24) is 0 Å². The molecule has 0 unspecified atom stereocenters. The van der Waals surface area contributed by atoms with E-state index >= 15 is 0 Å². The standard InChI is InChI=1S/C11H18N2O2S/c1-2-16(14,15)13(10-6-9-12)11-7-4-3-5-8-11/h3-5,7-8H,2,6,9-10,12H2,1H3. The normalized spacial score (nSPS) is 11.4. The van der Waals surface area contributed by atoms with Crippen molar-refractivity contribution in [2.75, 3.05) is 23.1 Å². The average molecular weight is 242 g/mol. The highest BCUT2D eigenvalue weighted by Crippen LogP contribution is 2.17. The summed E-state index contributed by atoms with van der Waals surface area (Å²) in [4.78, 5) is 0. The van der Waals surface area contributed by atoms with Crippen molar-refractivity contribution >= 4 is 15.7 Å². The fourth-order valence-corrected chi connectivity index (χ4v) is 2.58. The lowest BCUT2D eigenvalue weighted by molar-refractivity contribution is 0.590. The van der Waals surface area contributed by atoms with Crippen molar-refractivity contribution in [3.63, 3.8) is 0 Å². The summed E-state index contributed by atoms with van der Waals surface area (Å²) in [7, 11) is -3.21. The lowest BCUT2D eigenvalue weighted by atomic mass is 10.3. The second-order valence-corrected chi connectivity index (χ2v) is 5.63. The Balaban J connectivity index is 2.97. The van der Waals surface area contributed by atoms with E-state index in [-0.39, 0.29) is 5.75 Å². The number of benzene rings is 1. The van der Waals surface area contributed by atoms with E-state index in [0.29, 0.717) is 25.2 Å². The van der Waals surface area contributed by atoms with Crippen LogP contribution in [0.25, 0.3) is 0 Å². The number of rotatable bonds is 6. The van der Waals surface area contributed by atoms with E-state index in [1.54, 1.807) is 19.1 Å². The molecule has 16 heavy (non-hydrogen) atoms. The van der Waals surface area contributed by atoms with Crippen LogP contribution >= 0.6 is 0 Å². The first-order valence-corrected chi connectivity index (χ1v) is 6.98. The predicted molar refractivity (Wildman–Crippen MR) is 66.9 cm³/mol. The maximum absolute atomic E-state index is 11.9. The zero-order chi connectivity index (χ0) is 12.0. The highest BCUT2D eigenvalue weighted by atomic mass is 32.2. The summed E-state index contributed by atoms with van der Waals surface area (Å²) in [6.07, 6.45) is 0.661. The van der Waals surface area contributed by atoms with E-state index in [9.17, 15) is 8.42 Å². The highest BCUT2D eigenvalue weighted by molar-refractivity contribution is 7.92. The van der Waals surface area contributed by atoms with Crippen molar-refractivity contribution in [2.45, 2.75) is 13.3 Å². The fourth-order valence-electron chi connectivity index (χ4n) is 1.41. The molecule has 1 rings (SSSR count). The van der Waals surface area contributed by atoms with Gasteiger partial charge in [-0.1, -0.05) is 18.2 Å². The highest BCUT2D eigenvalue weighted by Gasteiger charge is 2.19. The summed E-state index contributed by atoms with van der Waals surface area (Å²) >= 11 is 0. The van der Waals surface area contributed by atoms with Gasteiger partial charge in [-0.05, 0) is 32.0 Å². The van der Waals surface area contributed by atoms with Gasteiger partial charge in [0.2, 0.25) is 10.0 Å². The van der Waals surface area contributed by atoms with Crippen LogP contribution in [0.2, 0.25) is 0 Å². The van der Waals surface area contributed by atoms with Crippen LogP contribution in [0.15, 0.2) is 30.3 Å². The van der Waals surface area contributed by atoms with Gasteiger partial charge in [0.05, 0.1) is 11.4 Å². The Morgan fingerprint density at radius 3 is 2.38 bits per heavy atom. The topological polar surface area (TPSA) is 63.4 Å². The van der Waals surface area contributed by atoms with Crippen molar-refractivity contribution in [3.8, 4) is 0 Å². The molecular weight excluding hydrogens is 224 g/mol.